The van der Waals surface area contributed by atoms with Crippen LogP contribution in [0.3, 0.4) is 0 Å². The molecule has 4 heteroatoms. The van der Waals surface area contributed by atoms with E-state index in [1.165, 1.54) is 12.1 Å². The molecule has 0 aliphatic rings. The summed E-state index contributed by atoms with van der Waals surface area (Å²) in [6.07, 6.45) is 2.95. The second kappa shape index (κ2) is 7.28. The van der Waals surface area contributed by atoms with Gasteiger partial charge < -0.3 is 5.11 Å². The highest BCUT2D eigenvalue weighted by atomic mass is 35.5. The zero-order chi connectivity index (χ0) is 17.9. The topological polar surface area (TPSA) is 54.4 Å². The quantitative estimate of drug-likeness (QED) is 0.588. The molecule has 0 atom stereocenters. The standard InChI is InChI=1S/C20H17ClO3/c1-4-13-6-7-15(9-14(13)5-2)18(22)11-20(24)16-10-17(21)12(3)8-19(16)23/h4-10,23H,1-2,11H2,3H3. The lowest BCUT2D eigenvalue weighted by Crippen LogP contribution is -2.09. The van der Waals surface area contributed by atoms with E-state index in [1.807, 2.05) is 0 Å². The molecule has 0 aliphatic carbocycles. The number of benzene rings is 2. The Labute approximate surface area is 145 Å². The van der Waals surface area contributed by atoms with E-state index in [1.54, 1.807) is 37.3 Å². The predicted molar refractivity (Wildman–Crippen MR) is 97.8 cm³/mol. The lowest BCUT2D eigenvalue weighted by Gasteiger charge is -2.08. The summed E-state index contributed by atoms with van der Waals surface area (Å²) < 4.78 is 0. The fourth-order valence-electron chi connectivity index (χ4n) is 2.34. The van der Waals surface area contributed by atoms with E-state index in [9.17, 15) is 14.7 Å². The fraction of sp³-hybridized carbons (Fsp3) is 0.100. The van der Waals surface area contributed by atoms with Gasteiger partial charge in [-0.2, -0.15) is 0 Å². The maximum atomic E-state index is 12.4. The number of carbonyl (C=O) groups excluding carboxylic acids is 2. The lowest BCUT2D eigenvalue weighted by atomic mass is 9.97. The molecule has 0 amide bonds. The minimum absolute atomic E-state index is 0.0469. The number of carbonyl (C=O) groups is 2. The normalized spacial score (nSPS) is 10.2. The van der Waals surface area contributed by atoms with Crippen molar-refractivity contribution in [3.8, 4) is 5.75 Å². The maximum absolute atomic E-state index is 12.4. The molecule has 0 aliphatic heterocycles. The van der Waals surface area contributed by atoms with Gasteiger partial charge in [-0.1, -0.05) is 49.0 Å². The molecule has 0 unspecified atom stereocenters. The van der Waals surface area contributed by atoms with Gasteiger partial charge in [0, 0.05) is 10.6 Å². The van der Waals surface area contributed by atoms with Crippen LogP contribution >= 0.6 is 11.6 Å². The predicted octanol–water partition coefficient (Wildman–Crippen LogP) is 5.10. The van der Waals surface area contributed by atoms with Gasteiger partial charge in [-0.25, -0.2) is 0 Å². The Balaban J connectivity index is 2.26. The van der Waals surface area contributed by atoms with Crippen LogP contribution in [-0.2, 0) is 0 Å². The molecule has 2 rings (SSSR count). The van der Waals surface area contributed by atoms with Crippen LogP contribution < -0.4 is 0 Å². The molecule has 0 radical (unpaired) electrons. The Hall–Kier alpha value is -2.65. The van der Waals surface area contributed by atoms with Gasteiger partial charge in [0.2, 0.25) is 0 Å². The summed E-state index contributed by atoms with van der Waals surface area (Å²) >= 11 is 5.99. The summed E-state index contributed by atoms with van der Waals surface area (Å²) in [5.41, 5.74) is 2.74. The first-order valence-corrected chi connectivity index (χ1v) is 7.69. The summed E-state index contributed by atoms with van der Waals surface area (Å²) in [5.74, 6) is -0.995. The molecule has 0 aromatic heterocycles. The van der Waals surface area contributed by atoms with Crippen LogP contribution in [0.25, 0.3) is 12.2 Å². The first kappa shape index (κ1) is 17.7. The van der Waals surface area contributed by atoms with Crippen molar-refractivity contribution in [2.24, 2.45) is 0 Å². The number of hydrogen-bond acceptors (Lipinski definition) is 3. The van der Waals surface area contributed by atoms with Gasteiger partial charge in [-0.15, -0.1) is 0 Å². The second-order valence-electron chi connectivity index (χ2n) is 5.39. The smallest absolute Gasteiger partial charge is 0.174 e. The average Bonchev–Trinajstić information content (AvgIpc) is 2.57. The van der Waals surface area contributed by atoms with Gasteiger partial charge >= 0.3 is 0 Å². The molecule has 24 heavy (non-hydrogen) atoms. The van der Waals surface area contributed by atoms with Gasteiger partial charge in [0.25, 0.3) is 0 Å². The lowest BCUT2D eigenvalue weighted by molar-refractivity contribution is 0.0893. The monoisotopic (exact) mass is 340 g/mol. The Morgan fingerprint density at radius 2 is 1.75 bits per heavy atom. The number of aryl methyl sites for hydroxylation is 1. The number of ketones is 2. The summed E-state index contributed by atoms with van der Waals surface area (Å²) in [6, 6.07) is 7.86. The van der Waals surface area contributed by atoms with Crippen molar-refractivity contribution in [1.82, 2.24) is 0 Å². The zero-order valence-corrected chi connectivity index (χ0v) is 14.1. The number of phenols is 1. The van der Waals surface area contributed by atoms with Crippen molar-refractivity contribution in [2.75, 3.05) is 0 Å². The number of phenolic OH excluding ortho intramolecular Hbond substituents is 1. The molecule has 1 N–H and O–H groups in total. The highest BCUT2D eigenvalue weighted by molar-refractivity contribution is 6.32. The van der Waals surface area contributed by atoms with Crippen LogP contribution in [0.2, 0.25) is 5.02 Å². The average molecular weight is 341 g/mol. The largest absolute Gasteiger partial charge is 0.507 e. The van der Waals surface area contributed by atoms with E-state index >= 15 is 0 Å². The molecule has 122 valence electrons. The van der Waals surface area contributed by atoms with E-state index in [4.69, 9.17) is 11.6 Å². The molecule has 0 spiro atoms. The van der Waals surface area contributed by atoms with Gasteiger partial charge in [-0.05, 0) is 41.8 Å². The van der Waals surface area contributed by atoms with E-state index in [0.717, 1.165) is 11.1 Å². The molecule has 0 saturated carbocycles. The van der Waals surface area contributed by atoms with Crippen LogP contribution in [0.1, 0.15) is 43.8 Å². The van der Waals surface area contributed by atoms with E-state index < -0.39 is 5.78 Å². The van der Waals surface area contributed by atoms with Gasteiger partial charge in [0.1, 0.15) is 5.75 Å². The van der Waals surface area contributed by atoms with Gasteiger partial charge in [0.05, 0.1) is 12.0 Å². The summed E-state index contributed by atoms with van der Waals surface area (Å²) in [6.45, 7) is 9.13. The summed E-state index contributed by atoms with van der Waals surface area (Å²) in [7, 11) is 0. The number of rotatable bonds is 6. The van der Waals surface area contributed by atoms with Gasteiger partial charge in [0.15, 0.2) is 11.6 Å². The molecular formula is C20H17ClO3. The first-order valence-electron chi connectivity index (χ1n) is 7.31. The third kappa shape index (κ3) is 3.63. The Morgan fingerprint density at radius 3 is 2.38 bits per heavy atom. The highest BCUT2D eigenvalue weighted by Crippen LogP contribution is 2.27. The van der Waals surface area contributed by atoms with Crippen molar-refractivity contribution < 1.29 is 14.7 Å². The Kier molecular flexibility index (Phi) is 5.37. The number of hydrogen-bond donors (Lipinski definition) is 1. The van der Waals surface area contributed by atoms with Crippen LogP contribution in [0, 0.1) is 6.92 Å². The van der Waals surface area contributed by atoms with E-state index in [-0.39, 0.29) is 23.5 Å². The molecule has 3 nitrogen and oxygen atoms in total. The van der Waals surface area contributed by atoms with Crippen LogP contribution in [0.5, 0.6) is 5.75 Å². The van der Waals surface area contributed by atoms with Crippen molar-refractivity contribution >= 4 is 35.3 Å². The highest BCUT2D eigenvalue weighted by Gasteiger charge is 2.18. The van der Waals surface area contributed by atoms with Crippen LogP contribution in [0.15, 0.2) is 43.5 Å². The SMILES string of the molecule is C=Cc1ccc(C(=O)CC(=O)c2cc(Cl)c(C)cc2O)cc1C=C. The maximum Gasteiger partial charge on any atom is 0.174 e. The number of halogens is 1. The third-order valence-corrected chi connectivity index (χ3v) is 4.15. The molecule has 0 bridgehead atoms. The van der Waals surface area contributed by atoms with Crippen molar-refractivity contribution in [1.29, 1.82) is 0 Å². The second-order valence-corrected chi connectivity index (χ2v) is 5.80. The van der Waals surface area contributed by atoms with Crippen molar-refractivity contribution in [3.05, 3.63) is 76.3 Å². The van der Waals surface area contributed by atoms with E-state index in [2.05, 4.69) is 13.2 Å². The summed E-state index contributed by atoms with van der Waals surface area (Å²) in [5, 5.41) is 10.3. The van der Waals surface area contributed by atoms with Crippen molar-refractivity contribution in [3.63, 3.8) is 0 Å². The summed E-state index contributed by atoms with van der Waals surface area (Å²) in [4.78, 5) is 24.7. The Morgan fingerprint density at radius 1 is 1.08 bits per heavy atom. The molecule has 0 saturated heterocycles. The van der Waals surface area contributed by atoms with Gasteiger partial charge in [-0.3, -0.25) is 9.59 Å². The molecule has 0 fully saturated rings. The minimum atomic E-state index is -0.479. The zero-order valence-electron chi connectivity index (χ0n) is 13.3. The minimum Gasteiger partial charge on any atom is -0.507 e. The Bertz CT molecular complexity index is 850. The first-order chi connectivity index (χ1) is 11.4. The van der Waals surface area contributed by atoms with E-state index in [0.29, 0.717) is 16.1 Å². The number of aromatic hydroxyl groups is 1. The molecule has 0 heterocycles. The molecular weight excluding hydrogens is 324 g/mol. The van der Waals surface area contributed by atoms with Crippen LogP contribution in [0.4, 0.5) is 0 Å². The number of Topliss-reactive ketones (excluding diaryl/α,β-unsaturated/α-hetero) is 2. The molecule has 2 aromatic carbocycles. The molecule has 2 aromatic rings. The third-order valence-electron chi connectivity index (χ3n) is 3.75. The van der Waals surface area contributed by atoms with Crippen LogP contribution in [-0.4, -0.2) is 16.7 Å². The fourth-order valence-corrected chi connectivity index (χ4v) is 2.51. The van der Waals surface area contributed by atoms with Crippen molar-refractivity contribution in [2.45, 2.75) is 13.3 Å².